The van der Waals surface area contributed by atoms with Crippen molar-refractivity contribution >= 4 is 34.6 Å². The number of ether oxygens (including phenoxy) is 1. The van der Waals surface area contributed by atoms with Crippen molar-refractivity contribution in [1.29, 1.82) is 0 Å². The fraction of sp³-hybridized carbons (Fsp3) is 0.333. The SMILES string of the molecule is CNC(=O)c1nc([C@H]2CCCN2)sc1NC(=O)c1nnc(C)o1.O=COCc1ccccc1. The highest BCUT2D eigenvalue weighted by Crippen LogP contribution is 2.32. The van der Waals surface area contributed by atoms with Crippen LogP contribution in [0.2, 0.25) is 0 Å². The summed E-state index contributed by atoms with van der Waals surface area (Å²) in [4.78, 5) is 38.3. The van der Waals surface area contributed by atoms with Gasteiger partial charge in [-0.15, -0.1) is 10.2 Å². The molecule has 1 aliphatic rings. The van der Waals surface area contributed by atoms with E-state index in [1.807, 2.05) is 30.3 Å². The van der Waals surface area contributed by atoms with Gasteiger partial charge in [0.1, 0.15) is 16.6 Å². The maximum absolute atomic E-state index is 12.1. The summed E-state index contributed by atoms with van der Waals surface area (Å²) in [6.07, 6.45) is 2.01. The van der Waals surface area contributed by atoms with Gasteiger partial charge in [-0.3, -0.25) is 14.4 Å². The van der Waals surface area contributed by atoms with Crippen LogP contribution in [-0.4, -0.2) is 47.1 Å². The third kappa shape index (κ3) is 6.67. The zero-order valence-electron chi connectivity index (χ0n) is 18.2. The van der Waals surface area contributed by atoms with Crippen LogP contribution in [-0.2, 0) is 16.1 Å². The Morgan fingerprint density at radius 2 is 2.06 bits per heavy atom. The number of nitrogens with zero attached hydrogens (tertiary/aromatic N) is 3. The first-order valence-electron chi connectivity index (χ1n) is 10.2. The number of nitrogens with one attached hydrogen (secondary N) is 3. The summed E-state index contributed by atoms with van der Waals surface area (Å²) >= 11 is 1.27. The number of hydrogen-bond donors (Lipinski definition) is 3. The van der Waals surface area contributed by atoms with Gasteiger partial charge in [0.2, 0.25) is 5.89 Å². The summed E-state index contributed by atoms with van der Waals surface area (Å²) in [5.41, 5.74) is 1.19. The second kappa shape index (κ2) is 11.8. The minimum atomic E-state index is -0.565. The van der Waals surface area contributed by atoms with E-state index in [9.17, 15) is 14.4 Å². The van der Waals surface area contributed by atoms with Crippen LogP contribution in [0.1, 0.15) is 56.5 Å². The van der Waals surface area contributed by atoms with Gasteiger partial charge in [-0.2, -0.15) is 0 Å². The highest BCUT2D eigenvalue weighted by molar-refractivity contribution is 7.16. The first kappa shape index (κ1) is 24.0. The van der Waals surface area contributed by atoms with Crippen molar-refractivity contribution in [3.63, 3.8) is 0 Å². The van der Waals surface area contributed by atoms with E-state index in [1.165, 1.54) is 18.4 Å². The molecule has 3 heterocycles. The van der Waals surface area contributed by atoms with E-state index in [1.54, 1.807) is 6.92 Å². The van der Waals surface area contributed by atoms with Gasteiger partial charge in [0, 0.05) is 14.0 Å². The molecule has 0 bridgehead atoms. The Bertz CT molecular complexity index is 1080. The quantitative estimate of drug-likeness (QED) is 0.440. The van der Waals surface area contributed by atoms with Crippen molar-refractivity contribution in [3.05, 3.63) is 58.4 Å². The van der Waals surface area contributed by atoms with E-state index in [-0.39, 0.29) is 23.5 Å². The van der Waals surface area contributed by atoms with Crippen molar-refractivity contribution in [2.45, 2.75) is 32.4 Å². The van der Waals surface area contributed by atoms with Crippen LogP contribution in [0.3, 0.4) is 0 Å². The third-order valence-corrected chi connectivity index (χ3v) is 5.64. The molecule has 12 heteroatoms. The second-order valence-corrected chi connectivity index (χ2v) is 7.96. The van der Waals surface area contributed by atoms with Gasteiger partial charge >= 0.3 is 11.8 Å². The average molecular weight is 473 g/mol. The molecule has 0 aliphatic carbocycles. The lowest BCUT2D eigenvalue weighted by Gasteiger charge is -2.04. The maximum Gasteiger partial charge on any atom is 0.313 e. The molecule has 0 saturated carbocycles. The number of rotatable bonds is 7. The number of aromatic nitrogens is 3. The number of carbonyl (C=O) groups excluding carboxylic acids is 3. The number of benzene rings is 1. The topological polar surface area (TPSA) is 148 Å². The molecule has 174 valence electrons. The average Bonchev–Trinajstić information content (AvgIpc) is 3.59. The molecule has 0 spiro atoms. The van der Waals surface area contributed by atoms with Crippen LogP contribution in [0, 0.1) is 6.92 Å². The van der Waals surface area contributed by atoms with Crippen molar-refractivity contribution in [2.24, 2.45) is 0 Å². The fourth-order valence-corrected chi connectivity index (χ4v) is 4.06. The number of hydrogen-bond acceptors (Lipinski definition) is 10. The lowest BCUT2D eigenvalue weighted by Crippen LogP contribution is -2.21. The second-order valence-electron chi connectivity index (χ2n) is 6.93. The Labute approximate surface area is 194 Å². The summed E-state index contributed by atoms with van der Waals surface area (Å²) in [5.74, 6) is -0.783. The van der Waals surface area contributed by atoms with E-state index >= 15 is 0 Å². The molecule has 1 saturated heterocycles. The Kier molecular flexibility index (Phi) is 8.61. The van der Waals surface area contributed by atoms with Crippen molar-refractivity contribution in [3.8, 4) is 0 Å². The van der Waals surface area contributed by atoms with Gasteiger partial charge in [0.15, 0.2) is 5.69 Å². The van der Waals surface area contributed by atoms with Gasteiger partial charge < -0.3 is 25.1 Å². The normalized spacial score (nSPS) is 14.7. The molecular weight excluding hydrogens is 448 g/mol. The summed E-state index contributed by atoms with van der Waals surface area (Å²) in [7, 11) is 1.52. The largest absolute Gasteiger partial charge is 0.463 e. The molecule has 1 aliphatic heterocycles. The Morgan fingerprint density at radius 3 is 2.67 bits per heavy atom. The third-order valence-electron chi connectivity index (χ3n) is 4.55. The molecule has 11 nitrogen and oxygen atoms in total. The van der Waals surface area contributed by atoms with E-state index in [0.29, 0.717) is 24.0 Å². The molecule has 2 aromatic heterocycles. The van der Waals surface area contributed by atoms with Crippen LogP contribution in [0.4, 0.5) is 5.00 Å². The molecule has 33 heavy (non-hydrogen) atoms. The smallest absolute Gasteiger partial charge is 0.313 e. The summed E-state index contributed by atoms with van der Waals surface area (Å²) < 4.78 is 9.63. The molecule has 0 unspecified atom stereocenters. The van der Waals surface area contributed by atoms with E-state index in [2.05, 4.69) is 35.9 Å². The van der Waals surface area contributed by atoms with Crippen LogP contribution in [0.15, 0.2) is 34.7 Å². The first-order valence-corrected chi connectivity index (χ1v) is 11.0. The molecule has 0 radical (unpaired) electrons. The summed E-state index contributed by atoms with van der Waals surface area (Å²) in [5, 5.41) is 16.9. The van der Waals surface area contributed by atoms with Gasteiger partial charge in [0.25, 0.3) is 12.4 Å². The minimum absolute atomic E-state index is 0.111. The van der Waals surface area contributed by atoms with Gasteiger partial charge in [-0.05, 0) is 24.9 Å². The van der Waals surface area contributed by atoms with Crippen LogP contribution in [0.25, 0.3) is 0 Å². The summed E-state index contributed by atoms with van der Waals surface area (Å²) in [6, 6.07) is 9.66. The van der Waals surface area contributed by atoms with Crippen LogP contribution in [0.5, 0.6) is 0 Å². The molecule has 1 aromatic carbocycles. The fourth-order valence-electron chi connectivity index (χ4n) is 2.99. The predicted molar refractivity (Wildman–Crippen MR) is 120 cm³/mol. The molecular formula is C21H24N6O5S. The lowest BCUT2D eigenvalue weighted by molar-refractivity contribution is -0.129. The zero-order chi connectivity index (χ0) is 23.6. The van der Waals surface area contributed by atoms with E-state index in [0.717, 1.165) is 30.0 Å². The Hall–Kier alpha value is -3.64. The molecule has 3 aromatic rings. The van der Waals surface area contributed by atoms with Gasteiger partial charge in [-0.25, -0.2) is 4.98 Å². The zero-order valence-corrected chi connectivity index (χ0v) is 19.0. The van der Waals surface area contributed by atoms with E-state index < -0.39 is 5.91 Å². The Balaban J connectivity index is 0.000000257. The summed E-state index contributed by atoms with van der Waals surface area (Å²) in [6.45, 7) is 3.33. The first-order chi connectivity index (χ1) is 16.0. The van der Waals surface area contributed by atoms with Crippen LogP contribution >= 0.6 is 11.3 Å². The highest BCUT2D eigenvalue weighted by atomic mass is 32.1. The molecule has 4 rings (SSSR count). The lowest BCUT2D eigenvalue weighted by atomic mass is 10.2. The van der Waals surface area contributed by atoms with Crippen molar-refractivity contribution < 1.29 is 23.5 Å². The number of carbonyl (C=O) groups is 3. The number of thiazole rings is 1. The monoisotopic (exact) mass is 472 g/mol. The number of anilines is 1. The highest BCUT2D eigenvalue weighted by Gasteiger charge is 2.26. The van der Waals surface area contributed by atoms with Crippen molar-refractivity contribution in [1.82, 2.24) is 25.8 Å². The number of amides is 2. The predicted octanol–water partition coefficient (Wildman–Crippen LogP) is 2.23. The van der Waals surface area contributed by atoms with E-state index in [4.69, 9.17) is 4.42 Å². The maximum atomic E-state index is 12.1. The standard InChI is InChI=1S/C13H16N6O3S.C8H8O2/c1-6-18-19-11(22-6)10(21)17-13-8(9(20)14-2)16-12(23-13)7-4-3-5-15-7;9-7-10-6-8-4-2-1-3-5-8/h7,15H,3-5H2,1-2H3,(H,14,20)(H,17,21);1-5,7H,6H2/t7-;/m1./s1. The molecule has 2 amide bonds. The molecule has 1 fully saturated rings. The molecule has 3 N–H and O–H groups in total. The Morgan fingerprint density at radius 1 is 1.27 bits per heavy atom. The molecule has 1 atom stereocenters. The van der Waals surface area contributed by atoms with Gasteiger partial charge in [-0.1, -0.05) is 41.7 Å². The number of aryl methyl sites for hydroxylation is 1. The minimum Gasteiger partial charge on any atom is -0.463 e. The van der Waals surface area contributed by atoms with Crippen molar-refractivity contribution in [2.75, 3.05) is 18.9 Å². The van der Waals surface area contributed by atoms with Gasteiger partial charge in [0.05, 0.1) is 6.04 Å². The van der Waals surface area contributed by atoms with Crippen LogP contribution < -0.4 is 16.0 Å².